The standard InChI is InChI=1S/C16H21Cl2N3O2.C2HF3O2/c17-11-7-10(14(22)8-12(11)18)15(19)9-2-5-21(6-3-9)13-1-4-20-16(13)23;3-2(4,5)1(6)7/h7-9,13,15,22H,1-6,19H2,(H,20,23);(H,6,7). The first-order valence-corrected chi connectivity index (χ1v) is 9.92. The van der Waals surface area contributed by atoms with Gasteiger partial charge in [-0.25, -0.2) is 4.79 Å². The first-order chi connectivity index (χ1) is 13.9. The predicted octanol–water partition coefficient (Wildman–Crippen LogP) is 2.93. The van der Waals surface area contributed by atoms with Crippen LogP contribution in [0.15, 0.2) is 12.1 Å². The summed E-state index contributed by atoms with van der Waals surface area (Å²) in [5.74, 6) is -2.29. The van der Waals surface area contributed by atoms with Crippen LogP contribution in [0, 0.1) is 5.92 Å². The van der Waals surface area contributed by atoms with Crippen molar-refractivity contribution in [3.63, 3.8) is 0 Å². The maximum Gasteiger partial charge on any atom is 0.490 e. The zero-order chi connectivity index (χ0) is 22.6. The molecular formula is C18H22Cl2F3N3O4. The van der Waals surface area contributed by atoms with Gasteiger partial charge in [0.25, 0.3) is 0 Å². The van der Waals surface area contributed by atoms with E-state index in [-0.39, 0.29) is 29.7 Å². The number of carbonyl (C=O) groups excluding carboxylic acids is 1. The Morgan fingerprint density at radius 2 is 1.73 bits per heavy atom. The maximum absolute atomic E-state index is 11.8. The van der Waals surface area contributed by atoms with Gasteiger partial charge in [-0.3, -0.25) is 9.69 Å². The van der Waals surface area contributed by atoms with E-state index in [1.54, 1.807) is 6.07 Å². The number of aromatic hydroxyl groups is 1. The van der Waals surface area contributed by atoms with Crippen molar-refractivity contribution in [1.29, 1.82) is 0 Å². The highest BCUT2D eigenvalue weighted by Crippen LogP contribution is 2.38. The fraction of sp³-hybridized carbons (Fsp3) is 0.556. The normalized spacial score (nSPS) is 21.5. The molecule has 30 heavy (non-hydrogen) atoms. The van der Waals surface area contributed by atoms with E-state index in [1.807, 2.05) is 0 Å². The van der Waals surface area contributed by atoms with Crippen molar-refractivity contribution in [3.05, 3.63) is 27.7 Å². The number of nitrogens with zero attached hydrogens (tertiary/aromatic N) is 1. The van der Waals surface area contributed by atoms with E-state index >= 15 is 0 Å². The summed E-state index contributed by atoms with van der Waals surface area (Å²) in [5.41, 5.74) is 6.99. The van der Waals surface area contributed by atoms with Crippen LogP contribution in [0.2, 0.25) is 10.0 Å². The van der Waals surface area contributed by atoms with Gasteiger partial charge >= 0.3 is 12.1 Å². The number of hydrogen-bond acceptors (Lipinski definition) is 5. The Morgan fingerprint density at radius 3 is 2.20 bits per heavy atom. The minimum atomic E-state index is -5.08. The van der Waals surface area contributed by atoms with Gasteiger partial charge in [0.05, 0.1) is 16.1 Å². The van der Waals surface area contributed by atoms with E-state index < -0.39 is 12.1 Å². The summed E-state index contributed by atoms with van der Waals surface area (Å²) in [6.45, 7) is 2.46. The number of carboxylic acid groups (broad SMARTS) is 1. The van der Waals surface area contributed by atoms with Crippen LogP contribution in [0.3, 0.4) is 0 Å². The molecule has 2 heterocycles. The van der Waals surface area contributed by atoms with Crippen molar-refractivity contribution >= 4 is 35.1 Å². The number of aliphatic carboxylic acids is 1. The Morgan fingerprint density at radius 1 is 1.20 bits per heavy atom. The molecule has 2 aliphatic heterocycles. The van der Waals surface area contributed by atoms with Crippen molar-refractivity contribution in [2.45, 2.75) is 37.5 Å². The van der Waals surface area contributed by atoms with Crippen LogP contribution in [-0.4, -0.2) is 58.8 Å². The van der Waals surface area contributed by atoms with E-state index in [0.717, 1.165) is 38.9 Å². The Hall–Kier alpha value is -1.75. The van der Waals surface area contributed by atoms with Gasteiger partial charge in [-0.05, 0) is 44.3 Å². The van der Waals surface area contributed by atoms with Crippen LogP contribution in [0.25, 0.3) is 0 Å². The molecule has 0 saturated carbocycles. The van der Waals surface area contributed by atoms with Gasteiger partial charge in [0.15, 0.2) is 0 Å². The van der Waals surface area contributed by atoms with Crippen LogP contribution in [0.5, 0.6) is 5.75 Å². The highest BCUT2D eigenvalue weighted by molar-refractivity contribution is 6.42. The lowest BCUT2D eigenvalue weighted by atomic mass is 9.85. The molecule has 168 valence electrons. The van der Waals surface area contributed by atoms with Crippen LogP contribution in [0.4, 0.5) is 13.2 Å². The zero-order valence-electron chi connectivity index (χ0n) is 15.8. The molecule has 2 saturated heterocycles. The summed E-state index contributed by atoms with van der Waals surface area (Å²) in [5, 5.41) is 20.8. The molecule has 7 nitrogen and oxygen atoms in total. The number of likely N-dealkylation sites (tertiary alicyclic amines) is 1. The molecule has 0 radical (unpaired) electrons. The minimum Gasteiger partial charge on any atom is -0.508 e. The van der Waals surface area contributed by atoms with Gasteiger partial charge in [-0.1, -0.05) is 23.2 Å². The monoisotopic (exact) mass is 471 g/mol. The van der Waals surface area contributed by atoms with Gasteiger partial charge in [0.1, 0.15) is 5.75 Å². The van der Waals surface area contributed by atoms with Crippen molar-refractivity contribution in [2.24, 2.45) is 11.7 Å². The van der Waals surface area contributed by atoms with Gasteiger partial charge in [-0.2, -0.15) is 13.2 Å². The molecule has 3 rings (SSSR count). The van der Waals surface area contributed by atoms with Gasteiger partial charge in [-0.15, -0.1) is 0 Å². The molecule has 1 aromatic rings. The minimum absolute atomic E-state index is 0.00514. The number of carboxylic acids is 1. The molecule has 5 N–H and O–H groups in total. The number of rotatable bonds is 3. The number of benzene rings is 1. The van der Waals surface area contributed by atoms with E-state index in [2.05, 4.69) is 10.2 Å². The fourth-order valence-electron chi connectivity index (χ4n) is 3.59. The average Bonchev–Trinajstić information content (AvgIpc) is 3.10. The predicted molar refractivity (Wildman–Crippen MR) is 104 cm³/mol. The van der Waals surface area contributed by atoms with Crippen molar-refractivity contribution in [2.75, 3.05) is 19.6 Å². The van der Waals surface area contributed by atoms with Crippen LogP contribution in [-0.2, 0) is 9.59 Å². The first-order valence-electron chi connectivity index (χ1n) is 9.17. The Bertz CT molecular complexity index is 787. The summed E-state index contributed by atoms with van der Waals surface area (Å²) < 4.78 is 31.7. The van der Waals surface area contributed by atoms with Gasteiger partial charge < -0.3 is 21.3 Å². The van der Waals surface area contributed by atoms with E-state index in [9.17, 15) is 23.1 Å². The van der Waals surface area contributed by atoms with Gasteiger partial charge in [0, 0.05) is 24.2 Å². The molecule has 2 fully saturated rings. The number of halogens is 5. The zero-order valence-corrected chi connectivity index (χ0v) is 17.3. The largest absolute Gasteiger partial charge is 0.508 e. The quantitative estimate of drug-likeness (QED) is 0.538. The molecule has 0 aromatic heterocycles. The second kappa shape index (κ2) is 10.0. The number of nitrogens with two attached hydrogens (primary N) is 1. The number of alkyl halides is 3. The number of hydrogen-bond donors (Lipinski definition) is 4. The summed E-state index contributed by atoms with van der Waals surface area (Å²) in [4.78, 5) is 22.9. The van der Waals surface area contributed by atoms with Crippen LogP contribution >= 0.6 is 23.2 Å². The number of phenolic OH excluding ortho intramolecular Hbond substituents is 1. The van der Waals surface area contributed by atoms with E-state index in [1.165, 1.54) is 6.07 Å². The molecule has 2 atom stereocenters. The number of phenols is 1. The van der Waals surface area contributed by atoms with Crippen LogP contribution in [0.1, 0.15) is 30.9 Å². The molecule has 1 aromatic carbocycles. The van der Waals surface area contributed by atoms with E-state index in [0.29, 0.717) is 15.6 Å². The SMILES string of the molecule is NC(c1cc(Cl)c(Cl)cc1O)C1CCN(C2CCNC2=O)CC1.O=C(O)C(F)(F)F. The molecule has 2 aliphatic rings. The molecular weight excluding hydrogens is 450 g/mol. The average molecular weight is 472 g/mol. The highest BCUT2D eigenvalue weighted by atomic mass is 35.5. The summed E-state index contributed by atoms with van der Waals surface area (Å²) in [6.07, 6.45) is -2.42. The Labute approximate surface area is 180 Å². The molecule has 0 bridgehead atoms. The Balaban J connectivity index is 0.000000396. The maximum atomic E-state index is 11.8. The lowest BCUT2D eigenvalue weighted by molar-refractivity contribution is -0.192. The van der Waals surface area contributed by atoms with Crippen LogP contribution < -0.4 is 11.1 Å². The lowest BCUT2D eigenvalue weighted by Crippen LogP contribution is -2.46. The van der Waals surface area contributed by atoms with Crippen molar-refractivity contribution in [3.8, 4) is 5.75 Å². The summed E-state index contributed by atoms with van der Waals surface area (Å²) in [6, 6.07) is 2.81. The highest BCUT2D eigenvalue weighted by Gasteiger charge is 2.38. The third-order valence-electron chi connectivity index (χ3n) is 5.21. The fourth-order valence-corrected chi connectivity index (χ4v) is 3.92. The van der Waals surface area contributed by atoms with Crippen molar-refractivity contribution < 1.29 is 33.0 Å². The number of amides is 1. The summed E-state index contributed by atoms with van der Waals surface area (Å²) in [7, 11) is 0. The lowest BCUT2D eigenvalue weighted by Gasteiger charge is -2.37. The number of piperidine rings is 1. The second-order valence-corrected chi connectivity index (χ2v) is 7.94. The van der Waals surface area contributed by atoms with Gasteiger partial charge in [0.2, 0.25) is 5.91 Å². The molecule has 1 amide bonds. The number of carbonyl (C=O) groups is 2. The number of nitrogens with one attached hydrogen (secondary N) is 1. The van der Waals surface area contributed by atoms with E-state index in [4.69, 9.17) is 38.8 Å². The van der Waals surface area contributed by atoms with Crippen molar-refractivity contribution in [1.82, 2.24) is 10.2 Å². The molecule has 0 spiro atoms. The Kier molecular flexibility index (Phi) is 8.20. The second-order valence-electron chi connectivity index (χ2n) is 7.12. The smallest absolute Gasteiger partial charge is 0.490 e. The topological polar surface area (TPSA) is 116 Å². The first kappa shape index (κ1) is 24.5. The summed E-state index contributed by atoms with van der Waals surface area (Å²) >= 11 is 11.9. The third-order valence-corrected chi connectivity index (χ3v) is 5.94. The molecule has 0 aliphatic carbocycles. The third kappa shape index (κ3) is 6.13. The molecule has 2 unspecified atom stereocenters. The molecule has 12 heteroatoms.